The molecule has 0 aromatic heterocycles. The van der Waals surface area contributed by atoms with Gasteiger partial charge in [-0.3, -0.25) is 24.1 Å². The number of carbonyl (C=O) groups excluding carboxylic acids is 4. The summed E-state index contributed by atoms with van der Waals surface area (Å²) in [5.74, 6) is 0.838. The lowest BCUT2D eigenvalue weighted by atomic mass is 9.46. The molecule has 1 aromatic carbocycles. The highest BCUT2D eigenvalue weighted by molar-refractivity contribution is 6.08. The molecule has 1 aliphatic heterocycles. The van der Waals surface area contributed by atoms with E-state index in [1.807, 2.05) is 36.4 Å². The summed E-state index contributed by atoms with van der Waals surface area (Å²) in [7, 11) is 0. The molecule has 4 saturated carbocycles. The lowest BCUT2D eigenvalue weighted by molar-refractivity contribution is -0.142. The van der Waals surface area contributed by atoms with E-state index in [1.165, 1.54) is 10.5 Å². The lowest BCUT2D eigenvalue weighted by Gasteiger charge is -2.58. The van der Waals surface area contributed by atoms with Crippen molar-refractivity contribution in [1.29, 1.82) is 0 Å². The molecule has 9 atom stereocenters. The zero-order valence-corrected chi connectivity index (χ0v) is 21.9. The van der Waals surface area contributed by atoms with Gasteiger partial charge in [-0.2, -0.15) is 0 Å². The average Bonchev–Trinajstić information content (AvgIpc) is 3.32. The third-order valence-corrected chi connectivity index (χ3v) is 12.0. The van der Waals surface area contributed by atoms with Crippen LogP contribution in [0.3, 0.4) is 0 Å². The summed E-state index contributed by atoms with van der Waals surface area (Å²) in [5.41, 5.74) is 2.30. The lowest BCUT2D eigenvalue weighted by Crippen LogP contribution is -2.52. The standard InChI is InChI=1S/C32H37NO4/c1-31-12-10-20(34)14-19(31)8-9-21-24(31)11-13-32(2)25(21)15-22-27-23(16-26(35)28(22)32)29(36)33(30(27)37)17-18-6-4-3-5-7-18/h3-7,14,21-25,27-28H,8-13,15-17H2,1-2H3/t21-,22-,23+,24+,25+,27-,28-,31+,32+/m1/s1. The molecule has 5 nitrogen and oxygen atoms in total. The Bertz CT molecular complexity index is 1230. The van der Waals surface area contributed by atoms with Gasteiger partial charge >= 0.3 is 0 Å². The number of likely N-dealkylation sites (tertiary alicyclic amines) is 1. The van der Waals surface area contributed by atoms with Crippen LogP contribution in [0, 0.1) is 52.3 Å². The second-order valence-corrected chi connectivity index (χ2v) is 13.4. The normalized spacial score (nSPS) is 44.5. The van der Waals surface area contributed by atoms with E-state index in [2.05, 4.69) is 13.8 Å². The van der Waals surface area contributed by atoms with Crippen LogP contribution < -0.4 is 0 Å². The average molecular weight is 500 g/mol. The Morgan fingerprint density at radius 2 is 1.68 bits per heavy atom. The van der Waals surface area contributed by atoms with Crippen LogP contribution in [0.4, 0.5) is 0 Å². The second kappa shape index (κ2) is 7.97. The van der Waals surface area contributed by atoms with Crippen molar-refractivity contribution in [3.63, 3.8) is 0 Å². The van der Waals surface area contributed by atoms with Crippen molar-refractivity contribution in [3.8, 4) is 0 Å². The molecule has 1 saturated heterocycles. The Balaban J connectivity index is 1.20. The summed E-state index contributed by atoms with van der Waals surface area (Å²) in [5, 5.41) is 0. The third kappa shape index (κ3) is 3.15. The minimum Gasteiger partial charge on any atom is -0.299 e. The fourth-order valence-corrected chi connectivity index (χ4v) is 10.4. The number of ketones is 2. The van der Waals surface area contributed by atoms with E-state index in [0.717, 1.165) is 44.1 Å². The SMILES string of the molecule is C[C@]12CC[C@H]3[C@@H](CCC4=CC(=O)CC[C@@]43C)[C@@H]1C[C@@H]1[C@H]3C(=O)N(Cc4ccccc4)C(=O)[C@H]3CC(=O)[C@@H]12. The number of hydrogen-bond donors (Lipinski definition) is 0. The van der Waals surface area contributed by atoms with Crippen molar-refractivity contribution in [3.05, 3.63) is 47.5 Å². The number of nitrogens with zero attached hydrogens (tertiary/aromatic N) is 1. The minimum atomic E-state index is -0.479. The number of carbonyl (C=O) groups is 4. The van der Waals surface area contributed by atoms with E-state index in [0.29, 0.717) is 30.7 Å². The number of benzene rings is 1. The number of Topliss-reactive ketones (excluding diaryl/α,β-unsaturated/α-hetero) is 1. The van der Waals surface area contributed by atoms with E-state index in [4.69, 9.17) is 0 Å². The molecular weight excluding hydrogens is 462 g/mol. The maximum Gasteiger partial charge on any atom is 0.233 e. The highest BCUT2D eigenvalue weighted by atomic mass is 16.2. The Kier molecular flexibility index (Phi) is 5.07. The van der Waals surface area contributed by atoms with E-state index in [9.17, 15) is 19.2 Å². The molecule has 0 spiro atoms. The van der Waals surface area contributed by atoms with E-state index in [1.54, 1.807) is 0 Å². The monoisotopic (exact) mass is 499 g/mol. The van der Waals surface area contributed by atoms with Gasteiger partial charge in [-0.1, -0.05) is 49.8 Å². The maximum atomic E-state index is 13.8. The predicted molar refractivity (Wildman–Crippen MR) is 138 cm³/mol. The number of amides is 2. The molecule has 0 bridgehead atoms. The van der Waals surface area contributed by atoms with Gasteiger partial charge in [0, 0.05) is 18.8 Å². The van der Waals surface area contributed by atoms with E-state index in [-0.39, 0.29) is 58.4 Å². The van der Waals surface area contributed by atoms with Crippen LogP contribution in [0.5, 0.6) is 0 Å². The van der Waals surface area contributed by atoms with Crippen molar-refractivity contribution in [2.75, 3.05) is 0 Å². The van der Waals surface area contributed by atoms with Crippen molar-refractivity contribution in [2.45, 2.75) is 71.8 Å². The van der Waals surface area contributed by atoms with Gasteiger partial charge in [0.2, 0.25) is 11.8 Å². The van der Waals surface area contributed by atoms with Gasteiger partial charge in [-0.15, -0.1) is 0 Å². The quantitative estimate of drug-likeness (QED) is 0.529. The van der Waals surface area contributed by atoms with E-state index >= 15 is 0 Å². The van der Waals surface area contributed by atoms with Crippen LogP contribution in [0.2, 0.25) is 0 Å². The van der Waals surface area contributed by atoms with Crippen molar-refractivity contribution < 1.29 is 19.2 Å². The van der Waals surface area contributed by atoms with Gasteiger partial charge in [-0.05, 0) is 84.7 Å². The third-order valence-electron chi connectivity index (χ3n) is 12.0. The van der Waals surface area contributed by atoms with Crippen LogP contribution in [-0.2, 0) is 25.7 Å². The number of allylic oxidation sites excluding steroid dienone is 1. The minimum absolute atomic E-state index is 0.0186. The first-order valence-corrected chi connectivity index (χ1v) is 14.4. The Morgan fingerprint density at radius 1 is 0.892 bits per heavy atom. The molecule has 0 radical (unpaired) electrons. The Hall–Kier alpha value is -2.56. The van der Waals surface area contributed by atoms with Gasteiger partial charge < -0.3 is 0 Å². The smallest absolute Gasteiger partial charge is 0.233 e. The molecule has 194 valence electrons. The molecule has 5 aliphatic carbocycles. The first-order chi connectivity index (χ1) is 17.7. The summed E-state index contributed by atoms with van der Waals surface area (Å²) in [6.07, 6.45) is 8.81. The molecule has 0 unspecified atom stereocenters. The van der Waals surface area contributed by atoms with Crippen LogP contribution in [-0.4, -0.2) is 28.3 Å². The number of fused-ring (bicyclic) bond motifs is 9. The summed E-state index contributed by atoms with van der Waals surface area (Å²) >= 11 is 0. The van der Waals surface area contributed by atoms with Crippen molar-refractivity contribution in [2.24, 2.45) is 52.3 Å². The second-order valence-electron chi connectivity index (χ2n) is 13.4. The van der Waals surface area contributed by atoms with Crippen LogP contribution in [0.1, 0.15) is 70.8 Å². The largest absolute Gasteiger partial charge is 0.299 e. The Morgan fingerprint density at radius 3 is 2.46 bits per heavy atom. The molecule has 6 aliphatic rings. The first-order valence-electron chi connectivity index (χ1n) is 14.4. The van der Waals surface area contributed by atoms with Gasteiger partial charge in [0.25, 0.3) is 0 Å². The van der Waals surface area contributed by atoms with Crippen LogP contribution in [0.15, 0.2) is 42.0 Å². The number of imide groups is 1. The topological polar surface area (TPSA) is 71.5 Å². The summed E-state index contributed by atoms with van der Waals surface area (Å²) in [4.78, 5) is 54.7. The van der Waals surface area contributed by atoms with Crippen LogP contribution in [0.25, 0.3) is 0 Å². The fourth-order valence-electron chi connectivity index (χ4n) is 10.4. The number of rotatable bonds is 2. The predicted octanol–water partition coefficient (Wildman–Crippen LogP) is 5.13. The number of hydrogen-bond acceptors (Lipinski definition) is 4. The van der Waals surface area contributed by atoms with Gasteiger partial charge in [0.05, 0.1) is 18.4 Å². The van der Waals surface area contributed by atoms with Gasteiger partial charge in [0.15, 0.2) is 5.78 Å². The highest BCUT2D eigenvalue weighted by Crippen LogP contribution is 2.70. The molecule has 0 N–H and O–H groups in total. The van der Waals surface area contributed by atoms with Crippen molar-refractivity contribution >= 4 is 23.4 Å². The molecule has 5 heteroatoms. The zero-order valence-electron chi connectivity index (χ0n) is 21.9. The van der Waals surface area contributed by atoms with Crippen molar-refractivity contribution in [1.82, 2.24) is 4.90 Å². The summed E-state index contributed by atoms with van der Waals surface area (Å²) in [6.45, 7) is 5.01. The zero-order chi connectivity index (χ0) is 25.7. The molecule has 37 heavy (non-hydrogen) atoms. The molecular formula is C32H37NO4. The molecule has 2 amide bonds. The van der Waals surface area contributed by atoms with Gasteiger partial charge in [-0.25, -0.2) is 0 Å². The summed E-state index contributed by atoms with van der Waals surface area (Å²) in [6, 6.07) is 9.70. The molecule has 5 fully saturated rings. The molecule has 1 heterocycles. The molecule has 1 aromatic rings. The fraction of sp³-hybridized carbons (Fsp3) is 0.625. The van der Waals surface area contributed by atoms with Crippen LogP contribution >= 0.6 is 0 Å². The Labute approximate surface area is 219 Å². The van der Waals surface area contributed by atoms with E-state index < -0.39 is 5.92 Å². The molecule has 7 rings (SSSR count). The maximum absolute atomic E-state index is 13.8. The first kappa shape index (κ1) is 23.5. The summed E-state index contributed by atoms with van der Waals surface area (Å²) < 4.78 is 0. The highest BCUT2D eigenvalue weighted by Gasteiger charge is 2.68. The van der Waals surface area contributed by atoms with Gasteiger partial charge in [0.1, 0.15) is 5.78 Å².